The highest BCUT2D eigenvalue weighted by molar-refractivity contribution is 6.02. The van der Waals surface area contributed by atoms with Crippen molar-refractivity contribution in [2.45, 2.75) is 19.4 Å². The predicted molar refractivity (Wildman–Crippen MR) is 73.5 cm³/mol. The van der Waals surface area contributed by atoms with E-state index in [0.717, 1.165) is 0 Å². The number of rotatable bonds is 5. The zero-order valence-electron chi connectivity index (χ0n) is 10.6. The molecule has 1 aromatic heterocycles. The van der Waals surface area contributed by atoms with E-state index in [1.807, 2.05) is 6.92 Å². The standard InChI is InChI=1S/C14H16N2O3/c1-9(7-8-17)15-13-6-5-10-11(14(18)19)3-2-4-12(10)16-13/h2-6,9,17H,7-8H2,1H3,(H,15,16)(H,18,19). The Morgan fingerprint density at radius 1 is 1.37 bits per heavy atom. The molecular formula is C14H16N2O3. The third kappa shape index (κ3) is 3.00. The summed E-state index contributed by atoms with van der Waals surface area (Å²) >= 11 is 0. The van der Waals surface area contributed by atoms with Crippen LogP contribution in [-0.2, 0) is 0 Å². The monoisotopic (exact) mass is 260 g/mol. The van der Waals surface area contributed by atoms with E-state index in [1.165, 1.54) is 0 Å². The van der Waals surface area contributed by atoms with E-state index in [2.05, 4.69) is 10.3 Å². The highest BCUT2D eigenvalue weighted by atomic mass is 16.4. The number of carboxylic acids is 1. The lowest BCUT2D eigenvalue weighted by Gasteiger charge is -2.13. The minimum atomic E-state index is -0.957. The smallest absolute Gasteiger partial charge is 0.336 e. The second-order valence-electron chi connectivity index (χ2n) is 4.43. The highest BCUT2D eigenvalue weighted by Crippen LogP contribution is 2.20. The van der Waals surface area contributed by atoms with Crippen LogP contribution >= 0.6 is 0 Å². The molecule has 3 N–H and O–H groups in total. The van der Waals surface area contributed by atoms with Gasteiger partial charge in [-0.1, -0.05) is 6.07 Å². The van der Waals surface area contributed by atoms with Crippen molar-refractivity contribution in [2.75, 3.05) is 11.9 Å². The van der Waals surface area contributed by atoms with Crippen molar-refractivity contribution in [3.63, 3.8) is 0 Å². The van der Waals surface area contributed by atoms with Crippen LogP contribution in [0.4, 0.5) is 5.82 Å². The molecule has 1 atom stereocenters. The number of nitrogens with one attached hydrogen (secondary N) is 1. The zero-order valence-corrected chi connectivity index (χ0v) is 10.6. The van der Waals surface area contributed by atoms with Gasteiger partial charge in [-0.15, -0.1) is 0 Å². The van der Waals surface area contributed by atoms with E-state index in [4.69, 9.17) is 10.2 Å². The number of aromatic carboxylic acids is 1. The summed E-state index contributed by atoms with van der Waals surface area (Å²) < 4.78 is 0. The number of benzene rings is 1. The summed E-state index contributed by atoms with van der Waals surface area (Å²) in [6.45, 7) is 2.07. The normalized spacial score (nSPS) is 12.3. The number of fused-ring (bicyclic) bond motifs is 1. The fourth-order valence-corrected chi connectivity index (χ4v) is 1.94. The molecule has 2 rings (SSSR count). The third-order valence-corrected chi connectivity index (χ3v) is 2.92. The Balaban J connectivity index is 2.34. The molecule has 0 spiro atoms. The first kappa shape index (κ1) is 13.3. The van der Waals surface area contributed by atoms with Crippen LogP contribution in [0, 0.1) is 0 Å². The molecule has 1 unspecified atom stereocenters. The fraction of sp³-hybridized carbons (Fsp3) is 0.286. The number of anilines is 1. The summed E-state index contributed by atoms with van der Waals surface area (Å²) in [6.07, 6.45) is 0.634. The molecule has 2 aromatic rings. The van der Waals surface area contributed by atoms with Crippen LogP contribution in [0.25, 0.3) is 10.9 Å². The minimum absolute atomic E-state index is 0.109. The van der Waals surface area contributed by atoms with Gasteiger partial charge in [0, 0.05) is 18.0 Å². The van der Waals surface area contributed by atoms with Crippen molar-refractivity contribution < 1.29 is 15.0 Å². The van der Waals surface area contributed by atoms with Crippen molar-refractivity contribution in [1.29, 1.82) is 0 Å². The first-order valence-corrected chi connectivity index (χ1v) is 6.12. The summed E-state index contributed by atoms with van der Waals surface area (Å²) in [7, 11) is 0. The summed E-state index contributed by atoms with van der Waals surface area (Å²) in [5.74, 6) is -0.280. The van der Waals surface area contributed by atoms with Gasteiger partial charge in [-0.05, 0) is 37.6 Å². The lowest BCUT2D eigenvalue weighted by Crippen LogP contribution is -2.17. The third-order valence-electron chi connectivity index (χ3n) is 2.92. The van der Waals surface area contributed by atoms with E-state index in [1.54, 1.807) is 30.3 Å². The lowest BCUT2D eigenvalue weighted by molar-refractivity contribution is 0.0699. The molecule has 100 valence electrons. The maximum absolute atomic E-state index is 11.1. The summed E-state index contributed by atoms with van der Waals surface area (Å²) in [5.41, 5.74) is 0.890. The number of aliphatic hydroxyl groups excluding tert-OH is 1. The molecule has 0 saturated heterocycles. The quantitative estimate of drug-likeness (QED) is 0.767. The van der Waals surface area contributed by atoms with Crippen molar-refractivity contribution in [3.8, 4) is 0 Å². The first-order valence-electron chi connectivity index (χ1n) is 6.12. The van der Waals surface area contributed by atoms with Crippen molar-refractivity contribution in [3.05, 3.63) is 35.9 Å². The van der Waals surface area contributed by atoms with Crippen molar-refractivity contribution in [1.82, 2.24) is 4.98 Å². The zero-order chi connectivity index (χ0) is 13.8. The van der Waals surface area contributed by atoms with Gasteiger partial charge in [0.25, 0.3) is 0 Å². The molecular weight excluding hydrogens is 244 g/mol. The maximum atomic E-state index is 11.1. The van der Waals surface area contributed by atoms with Crippen LogP contribution in [0.1, 0.15) is 23.7 Å². The summed E-state index contributed by atoms with van der Waals surface area (Å²) in [6, 6.07) is 8.64. The van der Waals surface area contributed by atoms with Crippen LogP contribution in [-0.4, -0.2) is 33.8 Å². The Kier molecular flexibility index (Phi) is 3.97. The largest absolute Gasteiger partial charge is 0.478 e. The van der Waals surface area contributed by atoms with Crippen LogP contribution in [0.5, 0.6) is 0 Å². The van der Waals surface area contributed by atoms with Gasteiger partial charge in [-0.2, -0.15) is 0 Å². The Morgan fingerprint density at radius 2 is 2.16 bits per heavy atom. The average molecular weight is 260 g/mol. The Morgan fingerprint density at radius 3 is 2.84 bits per heavy atom. The van der Waals surface area contributed by atoms with Crippen LogP contribution in [0.3, 0.4) is 0 Å². The van der Waals surface area contributed by atoms with Crippen LogP contribution in [0.15, 0.2) is 30.3 Å². The molecule has 0 saturated carbocycles. The van der Waals surface area contributed by atoms with Gasteiger partial charge >= 0.3 is 5.97 Å². The Labute approximate surface area is 110 Å². The molecule has 0 aliphatic carbocycles. The number of carboxylic acid groups (broad SMARTS) is 1. The predicted octanol–water partition coefficient (Wildman–Crippen LogP) is 2.12. The molecule has 5 nitrogen and oxygen atoms in total. The maximum Gasteiger partial charge on any atom is 0.336 e. The van der Waals surface area contributed by atoms with Gasteiger partial charge in [0.15, 0.2) is 0 Å². The molecule has 0 amide bonds. The second-order valence-corrected chi connectivity index (χ2v) is 4.43. The van der Waals surface area contributed by atoms with E-state index < -0.39 is 5.97 Å². The molecule has 5 heteroatoms. The van der Waals surface area contributed by atoms with E-state index in [0.29, 0.717) is 23.1 Å². The van der Waals surface area contributed by atoms with Gasteiger partial charge < -0.3 is 15.5 Å². The molecule has 1 heterocycles. The van der Waals surface area contributed by atoms with Crippen LogP contribution in [0.2, 0.25) is 0 Å². The summed E-state index contributed by atoms with van der Waals surface area (Å²) in [5, 5.41) is 21.7. The molecule has 19 heavy (non-hydrogen) atoms. The molecule has 0 fully saturated rings. The summed E-state index contributed by atoms with van der Waals surface area (Å²) in [4.78, 5) is 15.5. The number of hydrogen-bond donors (Lipinski definition) is 3. The van der Waals surface area contributed by atoms with E-state index in [9.17, 15) is 4.79 Å². The van der Waals surface area contributed by atoms with Gasteiger partial charge in [-0.3, -0.25) is 0 Å². The van der Waals surface area contributed by atoms with Gasteiger partial charge in [0.05, 0.1) is 11.1 Å². The SMILES string of the molecule is CC(CCO)Nc1ccc2c(C(=O)O)cccc2n1. The Bertz CT molecular complexity index is 598. The molecule has 0 bridgehead atoms. The minimum Gasteiger partial charge on any atom is -0.478 e. The van der Waals surface area contributed by atoms with Gasteiger partial charge in [-0.25, -0.2) is 9.78 Å². The number of nitrogens with zero attached hydrogens (tertiary/aromatic N) is 1. The number of carbonyl (C=O) groups is 1. The first-order chi connectivity index (χ1) is 9.11. The van der Waals surface area contributed by atoms with Crippen LogP contribution < -0.4 is 5.32 Å². The van der Waals surface area contributed by atoms with E-state index in [-0.39, 0.29) is 18.2 Å². The molecule has 0 aliphatic rings. The van der Waals surface area contributed by atoms with Gasteiger partial charge in [0.1, 0.15) is 5.82 Å². The fourth-order valence-electron chi connectivity index (χ4n) is 1.94. The molecule has 0 radical (unpaired) electrons. The molecule has 1 aromatic carbocycles. The molecule has 0 aliphatic heterocycles. The number of aromatic nitrogens is 1. The topological polar surface area (TPSA) is 82.5 Å². The second kappa shape index (κ2) is 5.67. The Hall–Kier alpha value is -2.14. The van der Waals surface area contributed by atoms with Gasteiger partial charge in [0.2, 0.25) is 0 Å². The number of aliphatic hydroxyl groups is 1. The number of hydrogen-bond acceptors (Lipinski definition) is 4. The number of pyridine rings is 1. The van der Waals surface area contributed by atoms with Crippen molar-refractivity contribution >= 4 is 22.7 Å². The average Bonchev–Trinajstić information content (AvgIpc) is 2.37. The van der Waals surface area contributed by atoms with Crippen molar-refractivity contribution in [2.24, 2.45) is 0 Å². The highest BCUT2D eigenvalue weighted by Gasteiger charge is 2.09. The van der Waals surface area contributed by atoms with E-state index >= 15 is 0 Å². The lowest BCUT2D eigenvalue weighted by atomic mass is 10.1.